The number of aromatic nitrogens is 1. The first-order valence-electron chi connectivity index (χ1n) is 8.85. The van der Waals surface area contributed by atoms with Gasteiger partial charge in [0, 0.05) is 5.69 Å². The molecule has 1 atom stereocenters. The van der Waals surface area contributed by atoms with E-state index in [9.17, 15) is 10.2 Å². The van der Waals surface area contributed by atoms with Gasteiger partial charge in [0.2, 0.25) is 5.88 Å². The predicted molar refractivity (Wildman–Crippen MR) is 111 cm³/mol. The molecule has 28 heavy (non-hydrogen) atoms. The molecule has 3 aromatic rings. The molecule has 2 aromatic carbocycles. The zero-order valence-electron chi connectivity index (χ0n) is 15.3. The first-order chi connectivity index (χ1) is 13.6. The second-order valence-corrected chi connectivity index (χ2v) is 6.86. The molecular formula is C20H22N4O3S. The molecule has 5 N–H and O–H groups in total. The summed E-state index contributed by atoms with van der Waals surface area (Å²) in [6, 6.07) is 16.6. The fourth-order valence-electron chi connectivity index (χ4n) is 2.51. The van der Waals surface area contributed by atoms with Gasteiger partial charge in [0.1, 0.15) is 27.9 Å². The minimum Gasteiger partial charge on any atom is -0.492 e. The van der Waals surface area contributed by atoms with Crippen molar-refractivity contribution in [1.82, 2.24) is 9.69 Å². The number of aromatic hydroxyl groups is 1. The van der Waals surface area contributed by atoms with Crippen LogP contribution in [0.25, 0.3) is 0 Å². The van der Waals surface area contributed by atoms with Crippen LogP contribution in [0.1, 0.15) is 18.9 Å². The summed E-state index contributed by atoms with van der Waals surface area (Å²) in [6.07, 6.45) is 0.656. The minimum atomic E-state index is -0.255. The Morgan fingerprint density at radius 1 is 1.14 bits per heavy atom. The Balaban J connectivity index is 1.71. The molecule has 0 aliphatic rings. The van der Waals surface area contributed by atoms with E-state index in [-0.39, 0.29) is 29.9 Å². The van der Waals surface area contributed by atoms with Crippen LogP contribution in [0.2, 0.25) is 0 Å². The van der Waals surface area contributed by atoms with Crippen molar-refractivity contribution in [2.24, 2.45) is 0 Å². The molecule has 146 valence electrons. The zero-order chi connectivity index (χ0) is 19.9. The van der Waals surface area contributed by atoms with E-state index in [1.807, 2.05) is 61.5 Å². The highest BCUT2D eigenvalue weighted by molar-refractivity contribution is 7.11. The second-order valence-electron chi connectivity index (χ2n) is 6.08. The second kappa shape index (κ2) is 9.20. The van der Waals surface area contributed by atoms with Crippen LogP contribution >= 0.6 is 11.5 Å². The summed E-state index contributed by atoms with van der Waals surface area (Å²) >= 11 is 1.06. The molecule has 0 bridgehead atoms. The Morgan fingerprint density at radius 2 is 1.82 bits per heavy atom. The molecule has 0 fully saturated rings. The summed E-state index contributed by atoms with van der Waals surface area (Å²) in [5.74, 6) is 1.25. The van der Waals surface area contributed by atoms with Crippen LogP contribution in [0, 0.1) is 5.41 Å². The van der Waals surface area contributed by atoms with Gasteiger partial charge in [-0.15, -0.1) is 0 Å². The summed E-state index contributed by atoms with van der Waals surface area (Å²) in [7, 11) is 0. The van der Waals surface area contributed by atoms with Crippen LogP contribution in [0.5, 0.6) is 17.4 Å². The highest BCUT2D eigenvalue weighted by Crippen LogP contribution is 2.33. The van der Waals surface area contributed by atoms with Crippen molar-refractivity contribution in [3.05, 3.63) is 60.2 Å². The summed E-state index contributed by atoms with van der Waals surface area (Å²) in [4.78, 5) is 0. The minimum absolute atomic E-state index is 0.0127. The van der Waals surface area contributed by atoms with Crippen LogP contribution in [0.4, 0.5) is 10.7 Å². The third-order valence-electron chi connectivity index (χ3n) is 4.08. The van der Waals surface area contributed by atoms with Gasteiger partial charge in [0.05, 0.1) is 12.6 Å². The fraction of sp³-hybridized carbons (Fsp3) is 0.200. The van der Waals surface area contributed by atoms with Crippen molar-refractivity contribution in [2.45, 2.75) is 19.4 Å². The molecule has 0 amide bonds. The molecule has 0 aliphatic heterocycles. The van der Waals surface area contributed by atoms with E-state index in [0.29, 0.717) is 17.2 Å². The smallest absolute Gasteiger partial charge is 0.236 e. The number of aliphatic hydroxyl groups is 1. The van der Waals surface area contributed by atoms with Gasteiger partial charge in [-0.05, 0) is 54.4 Å². The van der Waals surface area contributed by atoms with Gasteiger partial charge in [0.15, 0.2) is 0 Å². The quantitative estimate of drug-likeness (QED) is 0.289. The van der Waals surface area contributed by atoms with Crippen molar-refractivity contribution in [2.75, 3.05) is 11.9 Å². The van der Waals surface area contributed by atoms with Crippen molar-refractivity contribution < 1.29 is 14.9 Å². The average molecular weight is 398 g/mol. The van der Waals surface area contributed by atoms with E-state index in [4.69, 9.17) is 10.1 Å². The maximum atomic E-state index is 10.0. The number of nitrogens with zero attached hydrogens (tertiary/aromatic N) is 1. The molecule has 0 saturated carbocycles. The number of amidine groups is 1. The number of benzene rings is 2. The number of hydrogen-bond donors (Lipinski definition) is 5. The van der Waals surface area contributed by atoms with E-state index in [2.05, 4.69) is 15.0 Å². The lowest BCUT2D eigenvalue weighted by molar-refractivity contribution is 0.252. The lowest BCUT2D eigenvalue weighted by Crippen LogP contribution is -2.37. The lowest BCUT2D eigenvalue weighted by Gasteiger charge is -2.16. The average Bonchev–Trinajstić information content (AvgIpc) is 3.08. The largest absolute Gasteiger partial charge is 0.492 e. The number of ether oxygens (including phenoxy) is 1. The summed E-state index contributed by atoms with van der Waals surface area (Å²) < 4.78 is 9.71. The Kier molecular flexibility index (Phi) is 6.46. The Hall–Kier alpha value is -3.10. The Labute approximate surface area is 167 Å². The van der Waals surface area contributed by atoms with Crippen LogP contribution in [-0.4, -0.2) is 33.1 Å². The maximum Gasteiger partial charge on any atom is 0.236 e. The van der Waals surface area contributed by atoms with Crippen molar-refractivity contribution in [3.63, 3.8) is 0 Å². The van der Waals surface area contributed by atoms with Gasteiger partial charge in [-0.2, -0.15) is 4.37 Å². The van der Waals surface area contributed by atoms with Crippen LogP contribution in [0.15, 0.2) is 54.6 Å². The molecule has 0 aliphatic carbocycles. The van der Waals surface area contributed by atoms with Gasteiger partial charge in [-0.3, -0.25) is 5.41 Å². The molecular weight excluding hydrogens is 376 g/mol. The molecule has 8 heteroatoms. The Bertz CT molecular complexity index is 909. The zero-order valence-corrected chi connectivity index (χ0v) is 16.2. The first kappa shape index (κ1) is 19.7. The van der Waals surface area contributed by atoms with Gasteiger partial charge in [0.25, 0.3) is 0 Å². The standard InChI is InChI=1S/C20H22N4O3S/c1-2-13(12-25)22-18(21)17-19(26)24-28-20(17)23-14-8-10-16(11-9-14)27-15-6-4-3-5-7-15/h3-11,13,23,25H,2,12H2,1H3,(H2,21,22)(H,24,26)/t13-/m1/s1. The molecule has 0 unspecified atom stereocenters. The number of aliphatic hydroxyl groups excluding tert-OH is 1. The van der Waals surface area contributed by atoms with Crippen molar-refractivity contribution >= 4 is 28.1 Å². The number of anilines is 2. The number of hydrogen-bond acceptors (Lipinski definition) is 7. The number of rotatable bonds is 8. The molecule has 0 saturated heterocycles. The summed E-state index contributed by atoms with van der Waals surface area (Å²) in [6.45, 7) is 1.81. The highest BCUT2D eigenvalue weighted by Gasteiger charge is 2.20. The van der Waals surface area contributed by atoms with E-state index in [0.717, 1.165) is 23.0 Å². The Morgan fingerprint density at radius 3 is 2.46 bits per heavy atom. The molecule has 0 radical (unpaired) electrons. The lowest BCUT2D eigenvalue weighted by atomic mass is 10.2. The van der Waals surface area contributed by atoms with E-state index in [1.165, 1.54) is 0 Å². The molecule has 1 heterocycles. The third kappa shape index (κ3) is 4.79. The SMILES string of the molecule is CC[C@H](CO)NC(=N)c1c(O)nsc1Nc1ccc(Oc2ccccc2)cc1. The fourth-order valence-corrected chi connectivity index (χ4v) is 3.22. The van der Waals surface area contributed by atoms with Crippen molar-refractivity contribution in [3.8, 4) is 17.4 Å². The highest BCUT2D eigenvalue weighted by atomic mass is 32.1. The maximum absolute atomic E-state index is 10.0. The monoisotopic (exact) mass is 398 g/mol. The van der Waals surface area contributed by atoms with Gasteiger partial charge in [-0.25, -0.2) is 0 Å². The van der Waals surface area contributed by atoms with Gasteiger partial charge < -0.3 is 25.6 Å². The van der Waals surface area contributed by atoms with Crippen LogP contribution in [-0.2, 0) is 0 Å². The molecule has 3 rings (SSSR count). The van der Waals surface area contributed by atoms with Crippen LogP contribution in [0.3, 0.4) is 0 Å². The molecule has 0 spiro atoms. The number of nitrogens with one attached hydrogen (secondary N) is 3. The number of para-hydroxylation sites is 1. The third-order valence-corrected chi connectivity index (χ3v) is 4.83. The van der Waals surface area contributed by atoms with Gasteiger partial charge >= 0.3 is 0 Å². The first-order valence-corrected chi connectivity index (χ1v) is 9.63. The van der Waals surface area contributed by atoms with Crippen LogP contribution < -0.4 is 15.4 Å². The summed E-state index contributed by atoms with van der Waals surface area (Å²) in [5.41, 5.74) is 1.05. The normalized spacial score (nSPS) is 11.6. The predicted octanol–water partition coefficient (Wildman–Crippen LogP) is 4.07. The van der Waals surface area contributed by atoms with E-state index in [1.54, 1.807) is 0 Å². The molecule has 1 aromatic heterocycles. The van der Waals surface area contributed by atoms with E-state index >= 15 is 0 Å². The van der Waals surface area contributed by atoms with E-state index < -0.39 is 0 Å². The van der Waals surface area contributed by atoms with Gasteiger partial charge in [-0.1, -0.05) is 25.1 Å². The summed E-state index contributed by atoms with van der Waals surface area (Å²) in [5, 5.41) is 34.2. The van der Waals surface area contributed by atoms with Crippen molar-refractivity contribution in [1.29, 1.82) is 5.41 Å². The molecule has 7 nitrogen and oxygen atoms in total. The topological polar surface area (TPSA) is 110 Å².